The van der Waals surface area contributed by atoms with E-state index in [1.165, 1.54) is 0 Å². The Kier molecular flexibility index (Phi) is 1.71. The largest absolute Gasteiger partial charge is 0.377 e. The molecule has 0 radical (unpaired) electrons. The van der Waals surface area contributed by atoms with Crippen molar-refractivity contribution in [3.8, 4) is 12.3 Å². The molecule has 1 aliphatic rings. The maximum atomic E-state index is 5.13. The third-order valence-electron chi connectivity index (χ3n) is 1.15. The van der Waals surface area contributed by atoms with E-state index in [-0.39, 0.29) is 0 Å². The van der Waals surface area contributed by atoms with Gasteiger partial charge in [0.15, 0.2) is 0 Å². The van der Waals surface area contributed by atoms with E-state index in [0.717, 1.165) is 18.6 Å². The Morgan fingerprint density at radius 2 is 2.62 bits per heavy atom. The van der Waals surface area contributed by atoms with Crippen LogP contribution >= 0.6 is 0 Å². The minimum atomic E-state index is 0.694. The first-order valence-corrected chi connectivity index (χ1v) is 2.67. The summed E-state index contributed by atoms with van der Waals surface area (Å²) >= 11 is 0. The molecule has 8 heavy (non-hydrogen) atoms. The van der Waals surface area contributed by atoms with Gasteiger partial charge in [-0.15, -0.1) is 6.42 Å². The first-order chi connectivity index (χ1) is 3.93. The lowest BCUT2D eigenvalue weighted by atomic mass is 10.2. The van der Waals surface area contributed by atoms with E-state index in [1.54, 1.807) is 0 Å². The molecule has 0 aliphatic carbocycles. The molecule has 0 N–H and O–H groups in total. The molecule has 0 bridgehead atoms. The highest BCUT2D eigenvalue weighted by molar-refractivity contribution is 5.25. The van der Waals surface area contributed by atoms with Crippen molar-refractivity contribution in [1.29, 1.82) is 0 Å². The van der Waals surface area contributed by atoms with Crippen LogP contribution in [0.15, 0.2) is 11.6 Å². The van der Waals surface area contributed by atoms with Gasteiger partial charge >= 0.3 is 0 Å². The first kappa shape index (κ1) is 5.40. The summed E-state index contributed by atoms with van der Waals surface area (Å²) in [5.41, 5.74) is 1.08. The molecule has 0 unspecified atom stereocenters. The summed E-state index contributed by atoms with van der Waals surface area (Å²) in [6.45, 7) is 1.48. The quantitative estimate of drug-likeness (QED) is 0.420. The second-order valence-corrected chi connectivity index (χ2v) is 1.70. The van der Waals surface area contributed by atoms with E-state index in [2.05, 4.69) is 5.92 Å². The van der Waals surface area contributed by atoms with Gasteiger partial charge < -0.3 is 4.74 Å². The average molecular weight is 108 g/mol. The van der Waals surface area contributed by atoms with Crippen LogP contribution in [-0.2, 0) is 4.74 Å². The summed E-state index contributed by atoms with van der Waals surface area (Å²) in [4.78, 5) is 0. The second-order valence-electron chi connectivity index (χ2n) is 1.70. The Bertz CT molecular complexity index is 139. The average Bonchev–Trinajstić information content (AvgIpc) is 1.90. The van der Waals surface area contributed by atoms with Gasteiger partial charge in [0.25, 0.3) is 0 Å². The van der Waals surface area contributed by atoms with Crippen LogP contribution in [0.4, 0.5) is 0 Å². The molecule has 1 nitrogen and oxygen atoms in total. The van der Waals surface area contributed by atoms with Crippen molar-refractivity contribution < 1.29 is 4.74 Å². The lowest BCUT2D eigenvalue weighted by Gasteiger charge is -2.06. The molecular formula is C7H8O. The topological polar surface area (TPSA) is 9.23 Å². The molecule has 1 rings (SSSR count). The Morgan fingerprint density at radius 3 is 3.00 bits per heavy atom. The number of hydrogen-bond donors (Lipinski definition) is 0. The van der Waals surface area contributed by atoms with Crippen molar-refractivity contribution in [2.75, 3.05) is 13.2 Å². The molecule has 0 spiro atoms. The summed E-state index contributed by atoms with van der Waals surface area (Å²) in [5.74, 6) is 2.58. The first-order valence-electron chi connectivity index (χ1n) is 2.67. The highest BCUT2D eigenvalue weighted by Gasteiger charge is 1.97. The van der Waals surface area contributed by atoms with Gasteiger partial charge in [-0.05, 0) is 6.08 Å². The maximum absolute atomic E-state index is 5.13. The van der Waals surface area contributed by atoms with Gasteiger partial charge in [-0.2, -0.15) is 0 Å². The molecule has 1 heterocycles. The van der Waals surface area contributed by atoms with Gasteiger partial charge in [0.1, 0.15) is 0 Å². The van der Waals surface area contributed by atoms with Crippen molar-refractivity contribution in [3.05, 3.63) is 11.6 Å². The second kappa shape index (κ2) is 2.54. The van der Waals surface area contributed by atoms with Crippen molar-refractivity contribution in [3.63, 3.8) is 0 Å². The van der Waals surface area contributed by atoms with E-state index in [0.29, 0.717) is 6.61 Å². The van der Waals surface area contributed by atoms with E-state index in [4.69, 9.17) is 11.2 Å². The normalized spacial score (nSPS) is 19.1. The van der Waals surface area contributed by atoms with Crippen LogP contribution in [0, 0.1) is 12.3 Å². The Labute approximate surface area is 49.3 Å². The highest BCUT2D eigenvalue weighted by atomic mass is 16.5. The summed E-state index contributed by atoms with van der Waals surface area (Å²) in [5, 5.41) is 0. The Hall–Kier alpha value is -0.740. The zero-order chi connectivity index (χ0) is 5.82. The molecule has 0 aromatic rings. The van der Waals surface area contributed by atoms with E-state index < -0.39 is 0 Å². The third-order valence-corrected chi connectivity index (χ3v) is 1.15. The minimum Gasteiger partial charge on any atom is -0.377 e. The van der Waals surface area contributed by atoms with Crippen molar-refractivity contribution in [2.24, 2.45) is 0 Å². The number of hydrogen-bond acceptors (Lipinski definition) is 1. The van der Waals surface area contributed by atoms with Crippen LogP contribution < -0.4 is 0 Å². The van der Waals surface area contributed by atoms with Crippen molar-refractivity contribution in [1.82, 2.24) is 0 Å². The fourth-order valence-corrected chi connectivity index (χ4v) is 0.658. The van der Waals surface area contributed by atoms with Crippen molar-refractivity contribution in [2.45, 2.75) is 6.42 Å². The molecule has 0 saturated carbocycles. The SMILES string of the molecule is C#CC1=CCOCC1. The van der Waals surface area contributed by atoms with Crippen LogP contribution in [0.2, 0.25) is 0 Å². The van der Waals surface area contributed by atoms with Crippen LogP contribution in [0.25, 0.3) is 0 Å². The molecule has 1 heteroatoms. The van der Waals surface area contributed by atoms with E-state index >= 15 is 0 Å². The van der Waals surface area contributed by atoms with Crippen LogP contribution in [0.3, 0.4) is 0 Å². The summed E-state index contributed by atoms with van der Waals surface area (Å²) < 4.78 is 5.03. The molecule has 0 fully saturated rings. The molecule has 42 valence electrons. The number of terminal acetylenes is 1. The number of ether oxygens (including phenoxy) is 1. The molecule has 0 atom stereocenters. The van der Waals surface area contributed by atoms with Gasteiger partial charge in [0.2, 0.25) is 0 Å². The fraction of sp³-hybridized carbons (Fsp3) is 0.429. The van der Waals surface area contributed by atoms with Gasteiger partial charge in [0, 0.05) is 12.0 Å². The molecule has 0 aromatic carbocycles. The lowest BCUT2D eigenvalue weighted by molar-refractivity contribution is 0.156. The van der Waals surface area contributed by atoms with Crippen molar-refractivity contribution >= 4 is 0 Å². The zero-order valence-corrected chi connectivity index (χ0v) is 4.68. The maximum Gasteiger partial charge on any atom is 0.0659 e. The minimum absolute atomic E-state index is 0.694. The Morgan fingerprint density at radius 1 is 1.75 bits per heavy atom. The fourth-order valence-electron chi connectivity index (χ4n) is 0.658. The smallest absolute Gasteiger partial charge is 0.0659 e. The summed E-state index contributed by atoms with van der Waals surface area (Å²) in [6.07, 6.45) is 7.99. The summed E-state index contributed by atoms with van der Waals surface area (Å²) in [7, 11) is 0. The van der Waals surface area contributed by atoms with E-state index in [1.807, 2.05) is 6.08 Å². The predicted octanol–water partition coefficient (Wildman–Crippen LogP) is 0.966. The summed E-state index contributed by atoms with van der Waals surface area (Å²) in [6, 6.07) is 0. The lowest BCUT2D eigenvalue weighted by Crippen LogP contribution is -2.02. The highest BCUT2D eigenvalue weighted by Crippen LogP contribution is 2.04. The van der Waals surface area contributed by atoms with Crippen LogP contribution in [-0.4, -0.2) is 13.2 Å². The van der Waals surface area contributed by atoms with Gasteiger partial charge in [0.05, 0.1) is 13.2 Å². The van der Waals surface area contributed by atoms with Gasteiger partial charge in [-0.25, -0.2) is 0 Å². The molecular weight excluding hydrogens is 100 g/mol. The Balaban J connectivity index is 2.53. The third kappa shape index (κ3) is 1.11. The zero-order valence-electron chi connectivity index (χ0n) is 4.68. The predicted molar refractivity (Wildman–Crippen MR) is 32.4 cm³/mol. The molecule has 0 saturated heterocycles. The standard InChI is InChI=1S/C7H8O/c1-2-7-3-5-8-6-4-7/h1,3H,4-6H2. The monoisotopic (exact) mass is 108 g/mol. The van der Waals surface area contributed by atoms with Gasteiger partial charge in [-0.3, -0.25) is 0 Å². The molecule has 0 amide bonds. The van der Waals surface area contributed by atoms with E-state index in [9.17, 15) is 0 Å². The molecule has 0 aromatic heterocycles. The van der Waals surface area contributed by atoms with Crippen LogP contribution in [0.5, 0.6) is 0 Å². The molecule has 1 aliphatic heterocycles. The number of rotatable bonds is 0. The van der Waals surface area contributed by atoms with Crippen LogP contribution in [0.1, 0.15) is 6.42 Å². The van der Waals surface area contributed by atoms with Gasteiger partial charge in [-0.1, -0.05) is 5.92 Å².